The molecule has 0 unspecified atom stereocenters. The molecule has 3 N–H and O–H groups in total. The highest BCUT2D eigenvalue weighted by atomic mass is 35.5. The maximum absolute atomic E-state index is 13.7. The summed E-state index contributed by atoms with van der Waals surface area (Å²) in [5, 5.41) is 11.2. The lowest BCUT2D eigenvalue weighted by Gasteiger charge is -2.33. The van der Waals surface area contributed by atoms with Crippen LogP contribution < -0.4 is 16.1 Å². The van der Waals surface area contributed by atoms with Crippen molar-refractivity contribution >= 4 is 34.7 Å². The number of hydrazine groups is 1. The van der Waals surface area contributed by atoms with Gasteiger partial charge < -0.3 is 15.4 Å². The second kappa shape index (κ2) is 9.19. The summed E-state index contributed by atoms with van der Waals surface area (Å²) in [4.78, 5) is 21.8. The largest absolute Gasteiger partial charge is 0.466 e. The fourth-order valence-corrected chi connectivity index (χ4v) is 4.20. The minimum Gasteiger partial charge on any atom is -0.466 e. The van der Waals surface area contributed by atoms with Crippen LogP contribution >= 0.6 is 22.9 Å². The second-order valence-electron chi connectivity index (χ2n) is 6.65. The lowest BCUT2D eigenvalue weighted by Crippen LogP contribution is -2.54. The zero-order chi connectivity index (χ0) is 21.1. The molecule has 2 aliphatic heterocycles. The summed E-state index contributed by atoms with van der Waals surface area (Å²) < 4.78 is 18.7. The molecule has 11 heteroatoms. The quantitative estimate of drug-likeness (QED) is 0.598. The first-order valence-electron chi connectivity index (χ1n) is 9.27. The molecule has 2 aromatic rings. The van der Waals surface area contributed by atoms with Crippen LogP contribution in [0.1, 0.15) is 16.6 Å². The predicted octanol–water partition coefficient (Wildman–Crippen LogP) is 1.82. The molecule has 1 fully saturated rings. The zero-order valence-electron chi connectivity index (χ0n) is 16.1. The Morgan fingerprint density at radius 2 is 2.33 bits per heavy atom. The molecule has 1 atom stereocenters. The van der Waals surface area contributed by atoms with Crippen molar-refractivity contribution in [2.75, 3.05) is 33.4 Å². The Labute approximate surface area is 181 Å². The first kappa shape index (κ1) is 20.9. The van der Waals surface area contributed by atoms with E-state index in [0.717, 1.165) is 13.1 Å². The Hall–Kier alpha value is -2.37. The third-order valence-electron chi connectivity index (χ3n) is 4.76. The molecular weight excluding hydrogens is 431 g/mol. The van der Waals surface area contributed by atoms with Gasteiger partial charge in [0.25, 0.3) is 0 Å². The van der Waals surface area contributed by atoms with E-state index >= 15 is 0 Å². The molecule has 3 heterocycles. The van der Waals surface area contributed by atoms with E-state index in [9.17, 15) is 9.18 Å². The maximum atomic E-state index is 13.7. The number of nitrogens with one attached hydrogen (secondary N) is 3. The van der Waals surface area contributed by atoms with Crippen molar-refractivity contribution in [3.63, 3.8) is 0 Å². The van der Waals surface area contributed by atoms with E-state index in [-0.39, 0.29) is 5.02 Å². The van der Waals surface area contributed by atoms with E-state index < -0.39 is 17.8 Å². The van der Waals surface area contributed by atoms with Crippen LogP contribution in [0.2, 0.25) is 5.02 Å². The van der Waals surface area contributed by atoms with Gasteiger partial charge in [0, 0.05) is 40.9 Å². The maximum Gasteiger partial charge on any atom is 0.338 e. The van der Waals surface area contributed by atoms with Gasteiger partial charge in [0.15, 0.2) is 10.8 Å². The van der Waals surface area contributed by atoms with Crippen LogP contribution in [0.25, 0.3) is 0 Å². The zero-order valence-corrected chi connectivity index (χ0v) is 17.7. The Kier molecular flexibility index (Phi) is 6.40. The number of rotatable bonds is 5. The van der Waals surface area contributed by atoms with Crippen LogP contribution in [-0.4, -0.2) is 55.2 Å². The van der Waals surface area contributed by atoms with Crippen LogP contribution in [0, 0.1) is 5.82 Å². The Morgan fingerprint density at radius 3 is 3.00 bits per heavy atom. The van der Waals surface area contributed by atoms with Crippen molar-refractivity contribution in [1.29, 1.82) is 0 Å². The molecule has 0 aliphatic carbocycles. The molecule has 2 aliphatic rings. The molecule has 0 bridgehead atoms. The smallest absolute Gasteiger partial charge is 0.338 e. The minimum atomic E-state index is -0.761. The van der Waals surface area contributed by atoms with E-state index in [1.54, 1.807) is 12.3 Å². The Balaban J connectivity index is 1.81. The van der Waals surface area contributed by atoms with Crippen LogP contribution in [-0.2, 0) is 9.53 Å². The molecule has 0 saturated carbocycles. The van der Waals surface area contributed by atoms with Crippen LogP contribution in [0.3, 0.4) is 0 Å². The predicted molar refractivity (Wildman–Crippen MR) is 113 cm³/mol. The third kappa shape index (κ3) is 4.37. The molecule has 1 aromatic carbocycles. The van der Waals surface area contributed by atoms with Gasteiger partial charge >= 0.3 is 5.97 Å². The number of halogens is 2. The van der Waals surface area contributed by atoms with E-state index in [1.165, 1.54) is 30.6 Å². The second-order valence-corrected chi connectivity index (χ2v) is 7.95. The summed E-state index contributed by atoms with van der Waals surface area (Å²) in [6.45, 7) is 2.59. The summed E-state index contributed by atoms with van der Waals surface area (Å²) in [6.07, 6.45) is 1.68. The summed E-state index contributed by atoms with van der Waals surface area (Å²) >= 11 is 7.76. The minimum absolute atomic E-state index is 0.185. The van der Waals surface area contributed by atoms with E-state index in [2.05, 4.69) is 21.0 Å². The topological polar surface area (TPSA) is 90.9 Å². The first-order valence-corrected chi connectivity index (χ1v) is 10.5. The number of amidine groups is 1. The molecule has 0 radical (unpaired) electrons. The fourth-order valence-electron chi connectivity index (χ4n) is 3.34. The summed E-state index contributed by atoms with van der Waals surface area (Å²) in [5.41, 5.74) is 4.70. The molecule has 0 amide bonds. The molecule has 30 heavy (non-hydrogen) atoms. The van der Waals surface area contributed by atoms with Gasteiger partial charge in [-0.25, -0.2) is 24.6 Å². The number of aliphatic imine (C=N–C) groups is 1. The molecule has 158 valence electrons. The average Bonchev–Trinajstić information content (AvgIpc) is 3.28. The normalized spacial score (nSPS) is 20.0. The highest BCUT2D eigenvalue weighted by molar-refractivity contribution is 7.11. The van der Waals surface area contributed by atoms with Gasteiger partial charge in [0.1, 0.15) is 11.9 Å². The highest BCUT2D eigenvalue weighted by Gasteiger charge is 2.34. The van der Waals surface area contributed by atoms with Crippen molar-refractivity contribution < 1.29 is 13.9 Å². The summed E-state index contributed by atoms with van der Waals surface area (Å²) in [5.74, 6) is -0.469. The average molecular weight is 451 g/mol. The number of benzene rings is 1. The number of aromatic nitrogens is 1. The molecule has 8 nitrogen and oxygen atoms in total. The highest BCUT2D eigenvalue weighted by Crippen LogP contribution is 2.36. The van der Waals surface area contributed by atoms with Gasteiger partial charge in [-0.1, -0.05) is 17.7 Å². The number of thiazole rings is 1. The van der Waals surface area contributed by atoms with Gasteiger partial charge in [0.2, 0.25) is 0 Å². The fraction of sp³-hybridized carbons (Fsp3) is 0.316. The molecule has 0 spiro atoms. The lowest BCUT2D eigenvalue weighted by atomic mass is 9.95. The first-order chi connectivity index (χ1) is 14.6. The van der Waals surface area contributed by atoms with E-state index in [0.29, 0.717) is 40.9 Å². The van der Waals surface area contributed by atoms with Crippen molar-refractivity contribution in [1.82, 2.24) is 26.1 Å². The summed E-state index contributed by atoms with van der Waals surface area (Å²) in [6, 6.07) is 3.29. The van der Waals surface area contributed by atoms with Gasteiger partial charge in [-0.3, -0.25) is 4.99 Å². The Bertz CT molecular complexity index is 991. The van der Waals surface area contributed by atoms with Crippen LogP contribution in [0.5, 0.6) is 0 Å². The number of hydrogen-bond acceptors (Lipinski definition) is 9. The standard InChI is InChI=1S/C19H20ClFN6O2S/c1-29-19(28)15-14(9-27-6-4-22-10-24-27)25-17(18-23-5-7-30-18)26-16(15)12-3-2-11(21)8-13(12)20/h2-3,5,7-8,16,22,24H,4,6,9-10H2,1H3,(H,25,26)/t16-/m0/s1. The van der Waals surface area contributed by atoms with Crippen LogP contribution in [0.4, 0.5) is 4.39 Å². The number of carbonyl (C=O) groups excluding carboxylic acids is 1. The number of methoxy groups -OCH3 is 1. The van der Waals surface area contributed by atoms with Crippen molar-refractivity contribution in [3.05, 3.63) is 62.5 Å². The van der Waals surface area contributed by atoms with Gasteiger partial charge in [0.05, 0.1) is 25.9 Å². The van der Waals surface area contributed by atoms with Crippen molar-refractivity contribution in [2.24, 2.45) is 4.99 Å². The number of esters is 1. The van der Waals surface area contributed by atoms with Gasteiger partial charge in [-0.2, -0.15) is 0 Å². The number of carbonyl (C=O) groups is 1. The van der Waals surface area contributed by atoms with Gasteiger partial charge in [-0.05, 0) is 12.1 Å². The van der Waals surface area contributed by atoms with Crippen molar-refractivity contribution in [2.45, 2.75) is 6.04 Å². The SMILES string of the molecule is COC(=O)C1=C(CN2CCNCN2)NC(c2nccs2)=N[C@H]1c1ccc(F)cc1Cl. The molecule has 1 saturated heterocycles. The third-order valence-corrected chi connectivity index (χ3v) is 5.87. The Morgan fingerprint density at radius 1 is 1.47 bits per heavy atom. The molecular formula is C19H20ClFN6O2S. The lowest BCUT2D eigenvalue weighted by molar-refractivity contribution is -0.136. The monoisotopic (exact) mass is 450 g/mol. The van der Waals surface area contributed by atoms with E-state index in [1.807, 2.05) is 10.4 Å². The van der Waals surface area contributed by atoms with E-state index in [4.69, 9.17) is 21.3 Å². The summed E-state index contributed by atoms with van der Waals surface area (Å²) in [7, 11) is 1.32. The number of ether oxygens (including phenoxy) is 1. The molecule has 4 rings (SSSR count). The number of hydrogen-bond donors (Lipinski definition) is 3. The van der Waals surface area contributed by atoms with Crippen molar-refractivity contribution in [3.8, 4) is 0 Å². The number of nitrogens with zero attached hydrogens (tertiary/aromatic N) is 3. The van der Waals surface area contributed by atoms with Crippen LogP contribution in [0.15, 0.2) is 46.0 Å². The molecule has 1 aromatic heterocycles. The van der Waals surface area contributed by atoms with Gasteiger partial charge in [-0.15, -0.1) is 11.3 Å².